The van der Waals surface area contributed by atoms with E-state index in [4.69, 9.17) is 5.73 Å². The molecule has 0 aliphatic carbocycles. The third-order valence-electron chi connectivity index (χ3n) is 3.70. The first kappa shape index (κ1) is 18.3. The van der Waals surface area contributed by atoms with Crippen LogP contribution in [0.2, 0.25) is 0 Å². The number of hydrogen-bond acceptors (Lipinski definition) is 5. The van der Waals surface area contributed by atoms with Crippen molar-refractivity contribution in [2.75, 3.05) is 12.8 Å². The number of carbonyl (C=O) groups is 1. The Bertz CT molecular complexity index is 820. The molecule has 6 nitrogen and oxygen atoms in total. The molecule has 0 bridgehead atoms. The van der Waals surface area contributed by atoms with Crippen LogP contribution in [0.3, 0.4) is 0 Å². The highest BCUT2D eigenvalue weighted by molar-refractivity contribution is 5.75. The van der Waals surface area contributed by atoms with E-state index in [0.717, 1.165) is 6.92 Å². The van der Waals surface area contributed by atoms with Gasteiger partial charge in [0, 0.05) is 5.56 Å². The molecule has 2 aromatic rings. The standard InChI is InChI=1S/C16H15F3N4O2/c1-9(16(17,18)19)23-15(21)12(8-20)14(22-23)11-5-3-10(4-6-11)7-13(24)25-2/h3-6,9H,7,21H2,1-2H3/t9-/m0/s1. The van der Waals surface area contributed by atoms with Gasteiger partial charge in [-0.3, -0.25) is 4.79 Å². The van der Waals surface area contributed by atoms with Crippen molar-refractivity contribution in [3.8, 4) is 17.3 Å². The van der Waals surface area contributed by atoms with Crippen molar-refractivity contribution in [2.45, 2.75) is 25.6 Å². The van der Waals surface area contributed by atoms with Crippen LogP contribution in [0.1, 0.15) is 24.1 Å². The Labute approximate surface area is 141 Å². The number of benzene rings is 1. The van der Waals surface area contributed by atoms with Gasteiger partial charge in [0.25, 0.3) is 0 Å². The van der Waals surface area contributed by atoms with Crippen molar-refractivity contribution >= 4 is 11.8 Å². The lowest BCUT2D eigenvalue weighted by molar-refractivity contribution is -0.164. The smallest absolute Gasteiger partial charge is 0.410 e. The van der Waals surface area contributed by atoms with Crippen molar-refractivity contribution in [3.63, 3.8) is 0 Å². The largest absolute Gasteiger partial charge is 0.469 e. The van der Waals surface area contributed by atoms with E-state index in [9.17, 15) is 23.2 Å². The summed E-state index contributed by atoms with van der Waals surface area (Å²) in [5.41, 5.74) is 6.69. The molecule has 0 radical (unpaired) electrons. The summed E-state index contributed by atoms with van der Waals surface area (Å²) in [6.45, 7) is 0.910. The van der Waals surface area contributed by atoms with Gasteiger partial charge in [-0.2, -0.15) is 23.5 Å². The number of methoxy groups -OCH3 is 1. The molecule has 0 unspecified atom stereocenters. The van der Waals surface area contributed by atoms with Gasteiger partial charge in [-0.05, 0) is 12.5 Å². The van der Waals surface area contributed by atoms with Crippen molar-refractivity contribution < 1.29 is 22.7 Å². The molecule has 0 aliphatic rings. The zero-order valence-electron chi connectivity index (χ0n) is 13.5. The van der Waals surface area contributed by atoms with Crippen molar-refractivity contribution in [3.05, 3.63) is 35.4 Å². The van der Waals surface area contributed by atoms with Gasteiger partial charge in [0.1, 0.15) is 29.2 Å². The number of esters is 1. The molecule has 2 N–H and O–H groups in total. The van der Waals surface area contributed by atoms with Gasteiger partial charge >= 0.3 is 12.1 Å². The van der Waals surface area contributed by atoms with Crippen LogP contribution >= 0.6 is 0 Å². The Kier molecular flexibility index (Phi) is 5.02. The lowest BCUT2D eigenvalue weighted by Gasteiger charge is -2.17. The molecule has 1 atom stereocenters. The Hall–Kier alpha value is -3.02. The fraction of sp³-hybridized carbons (Fsp3) is 0.312. The summed E-state index contributed by atoms with van der Waals surface area (Å²) in [4.78, 5) is 11.2. The van der Waals surface area contributed by atoms with Gasteiger partial charge in [-0.15, -0.1) is 0 Å². The van der Waals surface area contributed by atoms with Crippen LogP contribution in [-0.2, 0) is 16.0 Å². The first-order valence-electron chi connectivity index (χ1n) is 7.20. The number of rotatable bonds is 4. The number of carbonyl (C=O) groups excluding carboxylic acids is 1. The lowest BCUT2D eigenvalue weighted by Crippen LogP contribution is -2.25. The molecular weight excluding hydrogens is 337 g/mol. The molecule has 0 aliphatic heterocycles. The highest BCUT2D eigenvalue weighted by atomic mass is 19.4. The highest BCUT2D eigenvalue weighted by Gasteiger charge is 2.40. The summed E-state index contributed by atoms with van der Waals surface area (Å²) in [7, 11) is 1.27. The number of nitrogens with zero attached hydrogens (tertiary/aromatic N) is 3. The number of aromatic nitrogens is 2. The summed E-state index contributed by atoms with van der Waals surface area (Å²) in [5.74, 6) is -0.765. The number of hydrogen-bond donors (Lipinski definition) is 1. The van der Waals surface area contributed by atoms with Gasteiger partial charge in [0.2, 0.25) is 0 Å². The van der Waals surface area contributed by atoms with E-state index in [2.05, 4.69) is 9.84 Å². The van der Waals surface area contributed by atoms with Gasteiger partial charge in [-0.1, -0.05) is 24.3 Å². The van der Waals surface area contributed by atoms with E-state index >= 15 is 0 Å². The molecule has 0 saturated carbocycles. The van der Waals surface area contributed by atoms with Gasteiger partial charge in [0.05, 0.1) is 13.5 Å². The first-order chi connectivity index (χ1) is 11.7. The van der Waals surface area contributed by atoms with E-state index in [1.54, 1.807) is 30.3 Å². The van der Waals surface area contributed by atoms with Crippen LogP contribution in [-0.4, -0.2) is 29.0 Å². The van der Waals surface area contributed by atoms with Crippen LogP contribution in [0, 0.1) is 11.3 Å². The SMILES string of the molecule is COC(=O)Cc1ccc(-c2nn([C@@H](C)C(F)(F)F)c(N)c2C#N)cc1. The normalized spacial score (nSPS) is 12.5. The van der Waals surface area contributed by atoms with E-state index in [1.165, 1.54) is 7.11 Å². The molecule has 1 aromatic carbocycles. The average molecular weight is 352 g/mol. The number of ether oxygens (including phenoxy) is 1. The summed E-state index contributed by atoms with van der Waals surface area (Å²) in [6, 6.07) is 6.16. The van der Waals surface area contributed by atoms with Crippen molar-refractivity contribution in [1.82, 2.24) is 9.78 Å². The number of nitriles is 1. The molecular formula is C16H15F3N4O2. The molecule has 2 rings (SSSR count). The molecule has 0 spiro atoms. The summed E-state index contributed by atoms with van der Waals surface area (Å²) in [5, 5.41) is 13.1. The van der Waals surface area contributed by atoms with E-state index in [1.807, 2.05) is 0 Å². The Balaban J connectivity index is 2.43. The van der Waals surface area contributed by atoms with Gasteiger partial charge in [0.15, 0.2) is 0 Å². The van der Waals surface area contributed by atoms with Crippen LogP contribution in [0.25, 0.3) is 11.3 Å². The predicted molar refractivity (Wildman–Crippen MR) is 83.3 cm³/mol. The van der Waals surface area contributed by atoms with E-state index in [0.29, 0.717) is 15.8 Å². The fourth-order valence-corrected chi connectivity index (χ4v) is 2.21. The van der Waals surface area contributed by atoms with E-state index in [-0.39, 0.29) is 23.5 Å². The van der Waals surface area contributed by atoms with Crippen LogP contribution < -0.4 is 5.73 Å². The average Bonchev–Trinajstić information content (AvgIpc) is 2.90. The minimum atomic E-state index is -4.55. The third-order valence-corrected chi connectivity index (χ3v) is 3.70. The maximum absolute atomic E-state index is 12.9. The Morgan fingerprint density at radius 2 is 2.00 bits per heavy atom. The molecule has 0 amide bonds. The second-order valence-electron chi connectivity index (χ2n) is 5.33. The molecule has 0 saturated heterocycles. The second kappa shape index (κ2) is 6.84. The molecule has 9 heteroatoms. The minimum absolute atomic E-state index is 0.0562. The minimum Gasteiger partial charge on any atom is -0.469 e. The molecule has 0 fully saturated rings. The second-order valence-corrected chi connectivity index (χ2v) is 5.33. The number of nitrogen functional groups attached to an aromatic ring is 1. The maximum atomic E-state index is 12.9. The monoisotopic (exact) mass is 352 g/mol. The highest BCUT2D eigenvalue weighted by Crippen LogP contribution is 2.35. The quantitative estimate of drug-likeness (QED) is 0.854. The molecule has 25 heavy (non-hydrogen) atoms. The number of alkyl halides is 3. The van der Waals surface area contributed by atoms with E-state index < -0.39 is 18.2 Å². The Morgan fingerprint density at radius 1 is 1.40 bits per heavy atom. The summed E-state index contributed by atoms with van der Waals surface area (Å²) < 4.78 is 43.9. The fourth-order valence-electron chi connectivity index (χ4n) is 2.21. The van der Waals surface area contributed by atoms with Crippen LogP contribution in [0.5, 0.6) is 0 Å². The summed E-state index contributed by atoms with van der Waals surface area (Å²) in [6.07, 6.45) is -4.49. The first-order valence-corrected chi connectivity index (χ1v) is 7.20. The number of nitrogens with two attached hydrogens (primary N) is 1. The summed E-state index contributed by atoms with van der Waals surface area (Å²) >= 11 is 0. The van der Waals surface area contributed by atoms with Crippen LogP contribution in [0.15, 0.2) is 24.3 Å². The molecule has 1 heterocycles. The number of anilines is 1. The van der Waals surface area contributed by atoms with Gasteiger partial charge in [-0.25, -0.2) is 4.68 Å². The topological polar surface area (TPSA) is 93.9 Å². The van der Waals surface area contributed by atoms with Crippen molar-refractivity contribution in [1.29, 1.82) is 5.26 Å². The lowest BCUT2D eigenvalue weighted by atomic mass is 10.0. The van der Waals surface area contributed by atoms with Gasteiger partial charge < -0.3 is 10.5 Å². The zero-order valence-corrected chi connectivity index (χ0v) is 13.5. The van der Waals surface area contributed by atoms with Crippen molar-refractivity contribution in [2.24, 2.45) is 0 Å². The predicted octanol–water partition coefficient (Wildman–Crippen LogP) is 2.84. The van der Waals surface area contributed by atoms with Crippen LogP contribution in [0.4, 0.5) is 19.0 Å². The third kappa shape index (κ3) is 3.74. The Morgan fingerprint density at radius 3 is 2.48 bits per heavy atom. The number of halogens is 3. The maximum Gasteiger partial charge on any atom is 0.410 e. The molecule has 1 aromatic heterocycles. The zero-order chi connectivity index (χ0) is 18.8. The molecule has 132 valence electrons.